The van der Waals surface area contributed by atoms with Gasteiger partial charge in [-0.05, 0) is 35.6 Å². The summed E-state index contributed by atoms with van der Waals surface area (Å²) in [4.78, 5) is 17.8. The number of aromatic nitrogens is 3. The molecule has 3 aromatic rings. The van der Waals surface area contributed by atoms with E-state index in [4.69, 9.17) is 9.47 Å². The van der Waals surface area contributed by atoms with Gasteiger partial charge in [0.25, 0.3) is 0 Å². The smallest absolute Gasteiger partial charge is 0.226 e. The molecule has 3 aliphatic rings. The van der Waals surface area contributed by atoms with Crippen LogP contribution >= 0.6 is 0 Å². The van der Waals surface area contributed by atoms with Crippen LogP contribution < -0.4 is 14.8 Å². The summed E-state index contributed by atoms with van der Waals surface area (Å²) < 4.78 is 13.2. The van der Waals surface area contributed by atoms with Crippen molar-refractivity contribution in [2.45, 2.75) is 24.8 Å². The molecule has 0 bridgehead atoms. The molecule has 7 nitrogen and oxygen atoms in total. The normalized spacial score (nSPS) is 22.2. The van der Waals surface area contributed by atoms with Crippen LogP contribution in [-0.2, 0) is 4.79 Å². The van der Waals surface area contributed by atoms with Crippen molar-refractivity contribution in [3.05, 3.63) is 77.3 Å². The fraction of sp³-hybridized carbons (Fsp3) is 0.261. The lowest BCUT2D eigenvalue weighted by molar-refractivity contribution is -0.116. The number of Topliss-reactive ketones (excluding diaryl/α,β-unsaturated/α-hetero) is 1. The fourth-order valence-electron chi connectivity index (χ4n) is 4.65. The lowest BCUT2D eigenvalue weighted by atomic mass is 9.78. The molecule has 6 rings (SSSR count). The van der Waals surface area contributed by atoms with Crippen LogP contribution in [0.3, 0.4) is 0 Å². The number of ether oxygens (including phenoxy) is 2. The topological polar surface area (TPSA) is 78.3 Å². The van der Waals surface area contributed by atoms with Gasteiger partial charge in [0.2, 0.25) is 5.95 Å². The minimum Gasteiger partial charge on any atom is -0.486 e. The standard InChI is InChI=1S/C23H20N4O3/c28-18-11-16(14-4-2-1-3-5-14)10-17-21(18)22(27-23(26-17)24-13-25-27)15-6-7-19-20(12-15)30-9-8-29-19/h1-7,12-13,16,22H,8-11H2,(H,24,25,26). The van der Waals surface area contributed by atoms with Crippen LogP contribution in [0.5, 0.6) is 11.5 Å². The van der Waals surface area contributed by atoms with Crippen molar-refractivity contribution in [2.75, 3.05) is 18.5 Å². The first-order valence-corrected chi connectivity index (χ1v) is 10.1. The van der Waals surface area contributed by atoms with Crippen molar-refractivity contribution in [3.8, 4) is 11.5 Å². The van der Waals surface area contributed by atoms with E-state index in [1.165, 1.54) is 11.9 Å². The summed E-state index contributed by atoms with van der Waals surface area (Å²) in [7, 11) is 0. The fourth-order valence-corrected chi connectivity index (χ4v) is 4.65. The molecule has 1 N–H and O–H groups in total. The molecular formula is C23H20N4O3. The van der Waals surface area contributed by atoms with Gasteiger partial charge in [0, 0.05) is 17.7 Å². The first-order chi connectivity index (χ1) is 14.8. The van der Waals surface area contributed by atoms with Crippen LogP contribution in [-0.4, -0.2) is 33.8 Å². The molecule has 0 spiro atoms. The molecule has 0 radical (unpaired) electrons. The number of ketones is 1. The Morgan fingerprint density at radius 2 is 1.80 bits per heavy atom. The summed E-state index contributed by atoms with van der Waals surface area (Å²) in [5, 5.41) is 7.78. The molecule has 2 aromatic carbocycles. The number of carbonyl (C=O) groups is 1. The summed E-state index contributed by atoms with van der Waals surface area (Å²) in [5.74, 6) is 2.37. The Kier molecular flexibility index (Phi) is 3.87. The molecule has 7 heteroatoms. The zero-order chi connectivity index (χ0) is 20.1. The van der Waals surface area contributed by atoms with Gasteiger partial charge in [0.15, 0.2) is 17.3 Å². The second-order valence-corrected chi connectivity index (χ2v) is 7.79. The number of allylic oxidation sites excluding steroid dienone is 2. The quantitative estimate of drug-likeness (QED) is 0.710. The summed E-state index contributed by atoms with van der Waals surface area (Å²) in [6.45, 7) is 1.06. The number of rotatable bonds is 2. The molecule has 0 saturated carbocycles. The van der Waals surface area contributed by atoms with Crippen molar-refractivity contribution in [1.29, 1.82) is 0 Å². The van der Waals surface area contributed by atoms with Crippen LogP contribution in [0, 0.1) is 0 Å². The lowest BCUT2D eigenvalue weighted by Gasteiger charge is -2.35. The van der Waals surface area contributed by atoms with E-state index in [1.54, 1.807) is 4.68 Å². The van der Waals surface area contributed by atoms with Crippen molar-refractivity contribution in [1.82, 2.24) is 14.8 Å². The second-order valence-electron chi connectivity index (χ2n) is 7.79. The van der Waals surface area contributed by atoms with E-state index in [1.807, 2.05) is 36.4 Å². The first-order valence-electron chi connectivity index (χ1n) is 10.1. The number of fused-ring (bicyclic) bond motifs is 2. The van der Waals surface area contributed by atoms with Crippen molar-refractivity contribution >= 4 is 11.7 Å². The number of nitrogens with zero attached hydrogens (tertiary/aromatic N) is 3. The number of carbonyl (C=O) groups excluding carboxylic acids is 1. The van der Waals surface area contributed by atoms with Crippen LogP contribution in [0.4, 0.5) is 5.95 Å². The molecule has 150 valence electrons. The molecule has 3 heterocycles. The highest BCUT2D eigenvalue weighted by atomic mass is 16.6. The maximum atomic E-state index is 13.4. The number of hydrogen-bond acceptors (Lipinski definition) is 6. The summed E-state index contributed by atoms with van der Waals surface area (Å²) in [6, 6.07) is 15.7. The third kappa shape index (κ3) is 2.69. The van der Waals surface area contributed by atoms with Crippen LogP contribution in [0.1, 0.15) is 35.9 Å². The van der Waals surface area contributed by atoms with Crippen molar-refractivity contribution in [2.24, 2.45) is 0 Å². The Hall–Kier alpha value is -3.61. The average Bonchev–Trinajstić information content (AvgIpc) is 3.26. The SMILES string of the molecule is O=C1CC(c2ccccc2)CC2=C1C(c1ccc3c(c1)OCCO3)n1ncnc1N2. The van der Waals surface area contributed by atoms with Crippen LogP contribution in [0.2, 0.25) is 0 Å². The van der Waals surface area contributed by atoms with Crippen LogP contribution in [0.25, 0.3) is 0 Å². The molecule has 2 unspecified atom stereocenters. The highest BCUT2D eigenvalue weighted by Gasteiger charge is 2.39. The Labute approximate surface area is 173 Å². The van der Waals surface area contributed by atoms with E-state index in [0.29, 0.717) is 31.3 Å². The first kappa shape index (κ1) is 17.3. The largest absolute Gasteiger partial charge is 0.486 e. The number of nitrogens with one attached hydrogen (secondary N) is 1. The molecule has 0 saturated heterocycles. The third-order valence-electron chi connectivity index (χ3n) is 6.01. The second kappa shape index (κ2) is 6.73. The Morgan fingerprint density at radius 3 is 2.67 bits per heavy atom. The predicted molar refractivity (Wildman–Crippen MR) is 110 cm³/mol. The summed E-state index contributed by atoms with van der Waals surface area (Å²) in [5.41, 5.74) is 3.81. The molecule has 2 aliphatic heterocycles. The van der Waals surface area contributed by atoms with Gasteiger partial charge >= 0.3 is 0 Å². The maximum absolute atomic E-state index is 13.4. The third-order valence-corrected chi connectivity index (χ3v) is 6.01. The summed E-state index contributed by atoms with van der Waals surface area (Å²) >= 11 is 0. The zero-order valence-electron chi connectivity index (χ0n) is 16.2. The zero-order valence-corrected chi connectivity index (χ0v) is 16.2. The molecule has 0 fully saturated rings. The minimum atomic E-state index is -0.334. The van der Waals surface area contributed by atoms with Crippen molar-refractivity contribution in [3.63, 3.8) is 0 Å². The predicted octanol–water partition coefficient (Wildman–Crippen LogP) is 3.47. The number of hydrogen-bond donors (Lipinski definition) is 1. The van der Waals surface area contributed by atoms with Crippen LogP contribution in [0.15, 0.2) is 66.1 Å². The Morgan fingerprint density at radius 1 is 0.967 bits per heavy atom. The summed E-state index contributed by atoms with van der Waals surface area (Å²) in [6.07, 6.45) is 2.76. The van der Waals surface area contributed by atoms with Gasteiger partial charge in [-0.1, -0.05) is 36.4 Å². The van der Waals surface area contributed by atoms with E-state index < -0.39 is 0 Å². The molecule has 1 aliphatic carbocycles. The van der Waals surface area contributed by atoms with Gasteiger partial charge in [-0.25, -0.2) is 4.68 Å². The van der Waals surface area contributed by atoms with Gasteiger partial charge in [-0.3, -0.25) is 4.79 Å². The Balaban J connectivity index is 1.45. The maximum Gasteiger partial charge on any atom is 0.226 e. The number of benzene rings is 2. The molecule has 30 heavy (non-hydrogen) atoms. The van der Waals surface area contributed by atoms with E-state index in [-0.39, 0.29) is 17.7 Å². The van der Waals surface area contributed by atoms with Gasteiger partial charge in [-0.2, -0.15) is 10.1 Å². The molecule has 0 amide bonds. The average molecular weight is 400 g/mol. The van der Waals surface area contributed by atoms with Gasteiger partial charge < -0.3 is 14.8 Å². The minimum absolute atomic E-state index is 0.138. The molecular weight excluding hydrogens is 380 g/mol. The highest BCUT2D eigenvalue weighted by molar-refractivity contribution is 6.00. The highest BCUT2D eigenvalue weighted by Crippen LogP contribution is 2.45. The van der Waals surface area contributed by atoms with E-state index in [2.05, 4.69) is 27.5 Å². The van der Waals surface area contributed by atoms with Gasteiger partial charge in [-0.15, -0.1) is 0 Å². The Bertz CT molecular complexity index is 1170. The van der Waals surface area contributed by atoms with E-state index in [0.717, 1.165) is 29.0 Å². The van der Waals surface area contributed by atoms with E-state index in [9.17, 15) is 4.79 Å². The van der Waals surface area contributed by atoms with Crippen molar-refractivity contribution < 1.29 is 14.3 Å². The molecule has 1 aromatic heterocycles. The monoisotopic (exact) mass is 400 g/mol. The molecule has 2 atom stereocenters. The van der Waals surface area contributed by atoms with Gasteiger partial charge in [0.1, 0.15) is 25.6 Å². The lowest BCUT2D eigenvalue weighted by Crippen LogP contribution is -2.33. The van der Waals surface area contributed by atoms with Gasteiger partial charge in [0.05, 0.1) is 0 Å². The number of anilines is 1. The van der Waals surface area contributed by atoms with E-state index >= 15 is 0 Å².